The first kappa shape index (κ1) is 19.0. The molecule has 0 radical (unpaired) electrons. The molecule has 1 N–H and O–H groups in total. The minimum Gasteiger partial charge on any atom is -0.493 e. The van der Waals surface area contributed by atoms with E-state index in [0.29, 0.717) is 35.8 Å². The maximum absolute atomic E-state index is 6.45. The van der Waals surface area contributed by atoms with Crippen LogP contribution in [0.15, 0.2) is 36.4 Å². The van der Waals surface area contributed by atoms with Gasteiger partial charge in [-0.25, -0.2) is 0 Å². The zero-order chi connectivity index (χ0) is 18.4. The van der Waals surface area contributed by atoms with Crippen LogP contribution in [-0.2, 0) is 17.9 Å². The van der Waals surface area contributed by atoms with Gasteiger partial charge in [0.05, 0.1) is 18.2 Å². The molecule has 1 aliphatic rings. The Morgan fingerprint density at radius 2 is 2.00 bits per heavy atom. The quantitative estimate of drug-likeness (QED) is 0.737. The van der Waals surface area contributed by atoms with Crippen molar-refractivity contribution in [2.24, 2.45) is 0 Å². The lowest BCUT2D eigenvalue weighted by molar-refractivity contribution is 0.110. The van der Waals surface area contributed by atoms with Gasteiger partial charge >= 0.3 is 0 Å². The third-order valence-corrected chi connectivity index (χ3v) is 4.80. The second-order valence-corrected chi connectivity index (χ2v) is 7.06. The average molecular weight is 376 g/mol. The minimum atomic E-state index is 0.324. The number of hydrogen-bond acceptors (Lipinski definition) is 4. The van der Waals surface area contributed by atoms with Gasteiger partial charge < -0.3 is 19.5 Å². The number of ether oxygens (including phenoxy) is 3. The molecule has 4 nitrogen and oxygen atoms in total. The first-order valence-corrected chi connectivity index (χ1v) is 9.40. The second-order valence-electron chi connectivity index (χ2n) is 6.65. The molecule has 2 aromatic rings. The molecule has 1 atom stereocenters. The largest absolute Gasteiger partial charge is 0.493 e. The average Bonchev–Trinajstić information content (AvgIpc) is 3.15. The molecular weight excluding hydrogens is 350 g/mol. The van der Waals surface area contributed by atoms with Crippen molar-refractivity contribution in [3.63, 3.8) is 0 Å². The fraction of sp³-hybridized carbons (Fsp3) is 0.429. The number of methoxy groups -OCH3 is 1. The lowest BCUT2D eigenvalue weighted by atomic mass is 10.1. The van der Waals surface area contributed by atoms with E-state index in [9.17, 15) is 0 Å². The van der Waals surface area contributed by atoms with Crippen molar-refractivity contribution in [1.29, 1.82) is 0 Å². The fourth-order valence-electron chi connectivity index (χ4n) is 3.04. The van der Waals surface area contributed by atoms with Crippen molar-refractivity contribution in [3.05, 3.63) is 58.1 Å². The minimum absolute atomic E-state index is 0.324. The molecule has 26 heavy (non-hydrogen) atoms. The summed E-state index contributed by atoms with van der Waals surface area (Å²) in [5, 5.41) is 3.99. The third kappa shape index (κ3) is 5.13. The Labute approximate surface area is 160 Å². The molecule has 3 rings (SSSR count). The van der Waals surface area contributed by atoms with Crippen LogP contribution < -0.4 is 14.8 Å². The Balaban J connectivity index is 1.61. The highest BCUT2D eigenvalue weighted by atomic mass is 35.5. The van der Waals surface area contributed by atoms with Crippen molar-refractivity contribution in [2.45, 2.75) is 39.0 Å². The number of benzene rings is 2. The van der Waals surface area contributed by atoms with E-state index in [1.807, 2.05) is 12.1 Å². The third-order valence-electron chi connectivity index (χ3n) is 4.52. The Kier molecular flexibility index (Phi) is 6.78. The van der Waals surface area contributed by atoms with E-state index in [2.05, 4.69) is 36.5 Å². The van der Waals surface area contributed by atoms with E-state index in [1.165, 1.54) is 5.56 Å². The molecular formula is C21H26ClNO3. The zero-order valence-electron chi connectivity index (χ0n) is 15.4. The second kappa shape index (κ2) is 9.26. The van der Waals surface area contributed by atoms with Crippen molar-refractivity contribution in [3.8, 4) is 11.5 Å². The van der Waals surface area contributed by atoms with Crippen LogP contribution in [0.2, 0.25) is 5.02 Å². The molecule has 0 saturated carbocycles. The van der Waals surface area contributed by atoms with E-state index < -0.39 is 0 Å². The molecule has 140 valence electrons. The molecule has 1 fully saturated rings. The van der Waals surface area contributed by atoms with Crippen molar-refractivity contribution in [1.82, 2.24) is 5.32 Å². The summed E-state index contributed by atoms with van der Waals surface area (Å²) in [5.74, 6) is 1.23. The first-order valence-electron chi connectivity index (χ1n) is 9.03. The molecule has 0 aliphatic carbocycles. The van der Waals surface area contributed by atoms with Gasteiger partial charge in [-0.15, -0.1) is 0 Å². The summed E-state index contributed by atoms with van der Waals surface area (Å²) in [6.07, 6.45) is 2.60. The SMILES string of the molecule is COc1cc(CNCC2CCCO2)cc(Cl)c1OCc1ccc(C)cc1. The highest BCUT2D eigenvalue weighted by molar-refractivity contribution is 6.32. The monoisotopic (exact) mass is 375 g/mol. The molecule has 5 heteroatoms. The topological polar surface area (TPSA) is 39.7 Å². The molecule has 0 amide bonds. The van der Waals surface area contributed by atoms with Gasteiger partial charge in [0, 0.05) is 19.7 Å². The Hall–Kier alpha value is -1.75. The van der Waals surface area contributed by atoms with Gasteiger partial charge in [0.15, 0.2) is 11.5 Å². The maximum atomic E-state index is 6.45. The number of rotatable bonds is 8. The standard InChI is InChI=1S/C21H26ClNO3/c1-15-5-7-16(8-6-15)14-26-21-19(22)10-17(11-20(21)24-2)12-23-13-18-4-3-9-25-18/h5-8,10-11,18,23H,3-4,9,12-14H2,1-2H3. The summed E-state index contributed by atoms with van der Waals surface area (Å²) in [6, 6.07) is 12.1. The molecule has 2 aromatic carbocycles. The normalized spacial score (nSPS) is 16.7. The Morgan fingerprint density at radius 3 is 2.69 bits per heavy atom. The predicted octanol–water partition coefficient (Wildman–Crippen LogP) is 4.50. The van der Waals surface area contributed by atoms with Gasteiger partial charge in [-0.05, 0) is 43.0 Å². The molecule has 1 heterocycles. The highest BCUT2D eigenvalue weighted by Gasteiger charge is 2.16. The molecule has 0 aromatic heterocycles. The van der Waals surface area contributed by atoms with E-state index in [-0.39, 0.29) is 0 Å². The van der Waals surface area contributed by atoms with Gasteiger partial charge in [-0.3, -0.25) is 0 Å². The number of halogens is 1. The lowest BCUT2D eigenvalue weighted by Crippen LogP contribution is -2.25. The van der Waals surface area contributed by atoms with Crippen LogP contribution in [0.3, 0.4) is 0 Å². The van der Waals surface area contributed by atoms with Gasteiger partial charge in [-0.2, -0.15) is 0 Å². The van der Waals surface area contributed by atoms with Crippen LogP contribution in [0, 0.1) is 6.92 Å². The van der Waals surface area contributed by atoms with Crippen LogP contribution in [-0.4, -0.2) is 26.4 Å². The molecule has 0 bridgehead atoms. The molecule has 1 unspecified atom stereocenters. The fourth-order valence-corrected chi connectivity index (χ4v) is 3.33. The van der Waals surface area contributed by atoms with Crippen LogP contribution in [0.4, 0.5) is 0 Å². The molecule has 1 aliphatic heterocycles. The summed E-state index contributed by atoms with van der Waals surface area (Å²) in [4.78, 5) is 0. The van der Waals surface area contributed by atoms with E-state index in [4.69, 9.17) is 25.8 Å². The number of nitrogens with one attached hydrogen (secondary N) is 1. The smallest absolute Gasteiger partial charge is 0.180 e. The summed E-state index contributed by atoms with van der Waals surface area (Å²) in [5.41, 5.74) is 3.38. The van der Waals surface area contributed by atoms with Crippen LogP contribution in [0.25, 0.3) is 0 Å². The molecule has 0 spiro atoms. The zero-order valence-corrected chi connectivity index (χ0v) is 16.1. The van der Waals surface area contributed by atoms with Crippen LogP contribution >= 0.6 is 11.6 Å². The maximum Gasteiger partial charge on any atom is 0.180 e. The van der Waals surface area contributed by atoms with E-state index in [1.54, 1.807) is 7.11 Å². The number of hydrogen-bond donors (Lipinski definition) is 1. The summed E-state index contributed by atoms with van der Waals surface area (Å²) in [7, 11) is 1.63. The first-order chi connectivity index (χ1) is 12.7. The van der Waals surface area contributed by atoms with Gasteiger partial charge in [-0.1, -0.05) is 41.4 Å². The van der Waals surface area contributed by atoms with Crippen molar-refractivity contribution >= 4 is 11.6 Å². The van der Waals surface area contributed by atoms with Gasteiger partial charge in [0.1, 0.15) is 6.61 Å². The summed E-state index contributed by atoms with van der Waals surface area (Å²) < 4.78 is 17.0. The lowest BCUT2D eigenvalue weighted by Gasteiger charge is -2.15. The predicted molar refractivity (Wildman–Crippen MR) is 104 cm³/mol. The molecule has 1 saturated heterocycles. The Morgan fingerprint density at radius 1 is 1.19 bits per heavy atom. The summed E-state index contributed by atoms with van der Waals surface area (Å²) in [6.45, 7) is 4.96. The van der Waals surface area contributed by atoms with Crippen molar-refractivity contribution in [2.75, 3.05) is 20.3 Å². The van der Waals surface area contributed by atoms with Gasteiger partial charge in [0.2, 0.25) is 0 Å². The van der Waals surface area contributed by atoms with E-state index >= 15 is 0 Å². The van der Waals surface area contributed by atoms with Gasteiger partial charge in [0.25, 0.3) is 0 Å². The number of aryl methyl sites for hydroxylation is 1. The van der Waals surface area contributed by atoms with E-state index in [0.717, 1.165) is 37.1 Å². The van der Waals surface area contributed by atoms with Crippen molar-refractivity contribution < 1.29 is 14.2 Å². The Bertz CT molecular complexity index is 712. The summed E-state index contributed by atoms with van der Waals surface area (Å²) >= 11 is 6.45. The van der Waals surface area contributed by atoms with Crippen LogP contribution in [0.5, 0.6) is 11.5 Å². The highest BCUT2D eigenvalue weighted by Crippen LogP contribution is 2.37. The van der Waals surface area contributed by atoms with Crippen LogP contribution in [0.1, 0.15) is 29.5 Å².